The Morgan fingerprint density at radius 1 is 1.20 bits per heavy atom. The van der Waals surface area contributed by atoms with Crippen molar-refractivity contribution in [2.24, 2.45) is 5.41 Å². The number of nitrogens with one attached hydrogen (secondary N) is 2. The third-order valence-corrected chi connectivity index (χ3v) is 6.97. The van der Waals surface area contributed by atoms with Gasteiger partial charge in [0.1, 0.15) is 18.5 Å². The number of hydrogen-bond donors (Lipinski definition) is 3. The molecular formula is C25H32N4O5S. The molecule has 2 heterocycles. The fourth-order valence-electron chi connectivity index (χ4n) is 4.13. The van der Waals surface area contributed by atoms with E-state index in [9.17, 15) is 19.2 Å². The molecule has 0 unspecified atom stereocenters. The van der Waals surface area contributed by atoms with Crippen LogP contribution in [0.25, 0.3) is 10.4 Å². The van der Waals surface area contributed by atoms with Gasteiger partial charge in [0.05, 0.1) is 16.1 Å². The summed E-state index contributed by atoms with van der Waals surface area (Å²) < 4.78 is 0. The molecule has 1 aliphatic heterocycles. The number of nitrogens with zero attached hydrogens (tertiary/aromatic N) is 2. The number of carbonyl (C=O) groups is 4. The summed E-state index contributed by atoms with van der Waals surface area (Å²) >= 11 is 1.58. The molecule has 0 bridgehead atoms. The normalized spacial score (nSPS) is 16.6. The van der Waals surface area contributed by atoms with E-state index in [-0.39, 0.29) is 11.8 Å². The fourth-order valence-corrected chi connectivity index (χ4v) is 4.94. The van der Waals surface area contributed by atoms with Gasteiger partial charge in [-0.25, -0.2) is 4.98 Å². The van der Waals surface area contributed by atoms with Gasteiger partial charge in [0.25, 0.3) is 0 Å². The van der Waals surface area contributed by atoms with E-state index in [1.807, 2.05) is 36.7 Å². The molecule has 10 heteroatoms. The van der Waals surface area contributed by atoms with E-state index in [4.69, 9.17) is 5.11 Å². The second kappa shape index (κ2) is 11.0. The predicted octanol–water partition coefficient (Wildman–Crippen LogP) is 2.73. The van der Waals surface area contributed by atoms with Gasteiger partial charge in [0, 0.05) is 13.1 Å². The van der Waals surface area contributed by atoms with Gasteiger partial charge in [-0.1, -0.05) is 45.0 Å². The van der Waals surface area contributed by atoms with Crippen LogP contribution in [0.4, 0.5) is 0 Å². The van der Waals surface area contributed by atoms with Crippen LogP contribution in [0.2, 0.25) is 0 Å². The summed E-state index contributed by atoms with van der Waals surface area (Å²) in [6.45, 7) is 8.08. The first-order valence-corrected chi connectivity index (χ1v) is 12.4. The maximum Gasteiger partial charge on any atom is 0.312 e. The fraction of sp³-hybridized carbons (Fsp3) is 0.480. The number of aromatic nitrogens is 1. The van der Waals surface area contributed by atoms with Gasteiger partial charge in [0.2, 0.25) is 17.7 Å². The molecule has 1 aromatic carbocycles. The summed E-state index contributed by atoms with van der Waals surface area (Å²) in [5, 5.41) is 14.4. The summed E-state index contributed by atoms with van der Waals surface area (Å²) in [4.78, 5) is 56.2. The van der Waals surface area contributed by atoms with E-state index in [2.05, 4.69) is 15.6 Å². The molecule has 1 fully saturated rings. The number of carboxylic acid groups (broad SMARTS) is 1. The number of aryl methyl sites for hydroxylation is 1. The molecule has 1 aliphatic rings. The number of likely N-dealkylation sites (tertiary alicyclic amines) is 1. The average Bonchev–Trinajstić information content (AvgIpc) is 3.44. The smallest absolute Gasteiger partial charge is 0.312 e. The van der Waals surface area contributed by atoms with E-state index < -0.39 is 35.8 Å². The van der Waals surface area contributed by atoms with Crippen LogP contribution in [0.1, 0.15) is 51.3 Å². The zero-order valence-corrected chi connectivity index (χ0v) is 21.3. The predicted molar refractivity (Wildman–Crippen MR) is 133 cm³/mol. The van der Waals surface area contributed by atoms with Crippen molar-refractivity contribution in [2.75, 3.05) is 6.54 Å². The van der Waals surface area contributed by atoms with Crippen LogP contribution in [0.3, 0.4) is 0 Å². The highest BCUT2D eigenvalue weighted by atomic mass is 32.1. The van der Waals surface area contributed by atoms with Crippen LogP contribution in [-0.2, 0) is 25.7 Å². The van der Waals surface area contributed by atoms with E-state index in [1.165, 1.54) is 4.90 Å². The lowest BCUT2D eigenvalue weighted by atomic mass is 9.85. The van der Waals surface area contributed by atoms with Crippen molar-refractivity contribution in [3.8, 4) is 10.4 Å². The van der Waals surface area contributed by atoms with Gasteiger partial charge in [-0.2, -0.15) is 0 Å². The van der Waals surface area contributed by atoms with Crippen molar-refractivity contribution in [3.05, 3.63) is 41.0 Å². The summed E-state index contributed by atoms with van der Waals surface area (Å²) in [5.74, 6) is -2.62. The maximum atomic E-state index is 13.4. The van der Waals surface area contributed by atoms with Gasteiger partial charge >= 0.3 is 5.97 Å². The lowest BCUT2D eigenvalue weighted by Gasteiger charge is -2.35. The molecular weight excluding hydrogens is 468 g/mol. The van der Waals surface area contributed by atoms with Crippen molar-refractivity contribution >= 4 is 35.0 Å². The second-order valence-corrected chi connectivity index (χ2v) is 10.7. The highest BCUT2D eigenvalue weighted by Crippen LogP contribution is 2.28. The molecule has 3 rings (SSSR count). The van der Waals surface area contributed by atoms with Crippen LogP contribution in [-0.4, -0.2) is 57.3 Å². The van der Waals surface area contributed by atoms with Gasteiger partial charge in [-0.15, -0.1) is 11.3 Å². The first kappa shape index (κ1) is 26.3. The number of thiazole rings is 1. The zero-order chi connectivity index (χ0) is 25.8. The van der Waals surface area contributed by atoms with Crippen molar-refractivity contribution < 1.29 is 24.3 Å². The molecule has 0 saturated carbocycles. The van der Waals surface area contributed by atoms with E-state index in [1.54, 1.807) is 32.1 Å². The molecule has 3 amide bonds. The summed E-state index contributed by atoms with van der Waals surface area (Å²) in [6, 6.07) is 6.34. The Bertz CT molecular complexity index is 1090. The van der Waals surface area contributed by atoms with Gasteiger partial charge in [-0.05, 0) is 36.3 Å². The number of aliphatic carboxylic acids is 1. The lowest BCUT2D eigenvalue weighted by Crippen LogP contribution is -2.57. The Kier molecular flexibility index (Phi) is 8.26. The topological polar surface area (TPSA) is 129 Å². The van der Waals surface area contributed by atoms with Gasteiger partial charge in [-0.3, -0.25) is 19.2 Å². The monoisotopic (exact) mass is 500 g/mol. The number of carbonyl (C=O) groups excluding carboxylic acids is 3. The minimum absolute atomic E-state index is 0.247. The largest absolute Gasteiger partial charge is 0.481 e. The Hall–Kier alpha value is -3.27. The van der Waals surface area contributed by atoms with Gasteiger partial charge in [0.15, 0.2) is 0 Å². The maximum absolute atomic E-state index is 13.4. The first-order chi connectivity index (χ1) is 16.5. The van der Waals surface area contributed by atoms with Crippen molar-refractivity contribution in [1.29, 1.82) is 0 Å². The average molecular weight is 501 g/mol. The Balaban J connectivity index is 1.64. The van der Waals surface area contributed by atoms with Crippen LogP contribution in [0.15, 0.2) is 29.8 Å². The summed E-state index contributed by atoms with van der Waals surface area (Å²) in [6.07, 6.45) is 0.485. The molecule has 0 radical (unpaired) electrons. The van der Waals surface area contributed by atoms with Crippen molar-refractivity contribution in [2.45, 2.75) is 65.6 Å². The van der Waals surface area contributed by atoms with Crippen LogP contribution in [0.5, 0.6) is 0 Å². The Morgan fingerprint density at radius 3 is 2.46 bits per heavy atom. The zero-order valence-electron chi connectivity index (χ0n) is 20.5. The van der Waals surface area contributed by atoms with Crippen LogP contribution < -0.4 is 10.6 Å². The molecule has 1 saturated heterocycles. The number of hydrogen-bond acceptors (Lipinski definition) is 6. The highest BCUT2D eigenvalue weighted by Gasteiger charge is 2.41. The van der Waals surface area contributed by atoms with Crippen LogP contribution >= 0.6 is 11.3 Å². The molecule has 2 aromatic rings. The summed E-state index contributed by atoms with van der Waals surface area (Å²) in [7, 11) is 0. The minimum atomic E-state index is -1.27. The third-order valence-electron chi connectivity index (χ3n) is 6.00. The quantitative estimate of drug-likeness (QED) is 0.478. The molecule has 3 N–H and O–H groups in total. The molecule has 188 valence electrons. The lowest BCUT2D eigenvalue weighted by molar-refractivity contribution is -0.146. The number of amides is 3. The summed E-state index contributed by atoms with van der Waals surface area (Å²) in [5.41, 5.74) is 4.15. The van der Waals surface area contributed by atoms with E-state index in [0.29, 0.717) is 25.9 Å². The van der Waals surface area contributed by atoms with Gasteiger partial charge < -0.3 is 20.6 Å². The molecule has 9 nitrogen and oxygen atoms in total. The molecule has 0 spiro atoms. The molecule has 0 aliphatic carbocycles. The van der Waals surface area contributed by atoms with Crippen LogP contribution in [0, 0.1) is 12.3 Å². The number of carboxylic acids is 1. The number of rotatable bonds is 8. The van der Waals surface area contributed by atoms with Crippen molar-refractivity contribution in [1.82, 2.24) is 20.5 Å². The van der Waals surface area contributed by atoms with Crippen molar-refractivity contribution in [3.63, 3.8) is 0 Å². The van der Waals surface area contributed by atoms with E-state index in [0.717, 1.165) is 21.7 Å². The van der Waals surface area contributed by atoms with E-state index >= 15 is 0 Å². The molecule has 35 heavy (non-hydrogen) atoms. The standard InChI is InChI=1S/C25H32N4O5S/c1-15-21(35-14-27-15)17-9-7-16(8-10-17)13-26-23(33)18-6-5-11-29(18)24(34)22(25(2,3)4)28-19(30)12-20(31)32/h7-10,14,18,22H,5-6,11-13H2,1-4H3,(H,26,33)(H,28,30)(H,31,32)/t18-,22+/m0/s1. The molecule has 2 atom stereocenters. The first-order valence-electron chi connectivity index (χ1n) is 11.6. The molecule has 1 aromatic heterocycles. The third kappa shape index (κ3) is 6.66. The Labute approximate surface area is 208 Å². The SMILES string of the molecule is Cc1ncsc1-c1ccc(CNC(=O)[C@@H]2CCCN2C(=O)[C@@H](NC(=O)CC(=O)O)C(C)(C)C)cc1. The number of benzene rings is 1. The second-order valence-electron chi connectivity index (χ2n) is 9.81. The highest BCUT2D eigenvalue weighted by molar-refractivity contribution is 7.13. The minimum Gasteiger partial charge on any atom is -0.481 e. The Morgan fingerprint density at radius 2 is 1.89 bits per heavy atom.